The van der Waals surface area contributed by atoms with Crippen molar-refractivity contribution in [3.05, 3.63) is 101 Å². The average molecular weight is 685 g/mol. The molecule has 1 aliphatic heterocycles. The minimum absolute atomic E-state index is 0.185. The van der Waals surface area contributed by atoms with Gasteiger partial charge in [0.05, 0.1) is 18.7 Å². The molecule has 0 saturated carbocycles. The highest BCUT2D eigenvalue weighted by Crippen LogP contribution is 2.44. The zero-order chi connectivity index (χ0) is 37.2. The van der Waals surface area contributed by atoms with Gasteiger partial charge in [-0.15, -0.1) is 0 Å². The van der Waals surface area contributed by atoms with E-state index in [-0.39, 0.29) is 28.1 Å². The Bertz CT molecular complexity index is 1820. The normalized spacial score (nSPS) is 18.2. The number of hydrazone groups is 1. The summed E-state index contributed by atoms with van der Waals surface area (Å²) in [7, 11) is 0. The van der Waals surface area contributed by atoms with E-state index in [2.05, 4.69) is 5.10 Å². The molecule has 4 amide bonds. The number of imide groups is 1. The number of urea groups is 1. The van der Waals surface area contributed by atoms with E-state index < -0.39 is 59.2 Å². The van der Waals surface area contributed by atoms with Crippen LogP contribution in [-0.4, -0.2) is 73.5 Å². The van der Waals surface area contributed by atoms with Gasteiger partial charge in [0.2, 0.25) is 5.91 Å². The van der Waals surface area contributed by atoms with E-state index in [1.807, 2.05) is 32.9 Å². The Morgan fingerprint density at radius 2 is 1.52 bits per heavy atom. The van der Waals surface area contributed by atoms with Crippen LogP contribution in [0.1, 0.15) is 63.3 Å². The quantitative estimate of drug-likeness (QED) is 0.0718. The number of anilines is 1. The maximum atomic E-state index is 14.9. The third-order valence-corrected chi connectivity index (χ3v) is 8.82. The van der Waals surface area contributed by atoms with E-state index in [4.69, 9.17) is 11.6 Å². The first-order valence-corrected chi connectivity index (χ1v) is 15.6. The Kier molecular flexibility index (Phi) is 10.3. The van der Waals surface area contributed by atoms with Gasteiger partial charge in [-0.1, -0.05) is 87.5 Å². The number of Topliss-reactive ketones (excluding diaryl/α,β-unsaturated/α-hetero) is 1. The Hall–Kier alpha value is -5.89. The third-order valence-electron chi connectivity index (χ3n) is 8.82. The van der Waals surface area contributed by atoms with Crippen LogP contribution in [-0.2, 0) is 41.5 Å². The van der Waals surface area contributed by atoms with Gasteiger partial charge in [-0.25, -0.2) is 14.5 Å². The first-order chi connectivity index (χ1) is 23.4. The molecule has 0 aromatic heterocycles. The lowest BCUT2D eigenvalue weighted by Crippen LogP contribution is -2.74. The fourth-order valence-corrected chi connectivity index (χ4v) is 6.04. The Labute approximate surface area is 288 Å². The Morgan fingerprint density at radius 3 is 2.00 bits per heavy atom. The number of nitrogens with zero attached hydrogens (tertiary/aromatic N) is 4. The standard InChI is InChI=1S/C36H40N6O8/c1-22(43)36(32(48)49,41(27-9-7-6-8-10-27)30(46)28(37)19-29(44)45)42-31(47)35(5,26-17-11-23(12-18-26)20-39-38)40(33(42)50)21-24-13-15-25(16-14-24)34(2,3)4/h6-18,20,28H,19,21,37-38H2,1-5H3,(H,44,45)(H,48,49)/t28-,35+,36-/m0/s1. The maximum absolute atomic E-state index is 14.9. The van der Waals surface area contributed by atoms with Gasteiger partial charge in [0.15, 0.2) is 5.78 Å². The van der Waals surface area contributed by atoms with Crippen LogP contribution < -0.4 is 16.5 Å². The molecule has 1 fully saturated rings. The topological polar surface area (TPSA) is 217 Å². The molecule has 1 saturated heterocycles. The molecule has 3 aromatic rings. The van der Waals surface area contributed by atoms with E-state index in [1.54, 1.807) is 42.5 Å². The van der Waals surface area contributed by atoms with Crippen molar-refractivity contribution in [3.63, 3.8) is 0 Å². The number of hydrogen-bond donors (Lipinski definition) is 4. The molecule has 262 valence electrons. The second-order valence-corrected chi connectivity index (χ2v) is 13.2. The van der Waals surface area contributed by atoms with Crippen molar-refractivity contribution in [1.29, 1.82) is 0 Å². The fraction of sp³-hybridized carbons (Fsp3) is 0.306. The summed E-state index contributed by atoms with van der Waals surface area (Å²) in [6.45, 7) is 8.14. The van der Waals surface area contributed by atoms with Gasteiger partial charge < -0.3 is 26.7 Å². The summed E-state index contributed by atoms with van der Waals surface area (Å²) in [5.74, 6) is -1.96. The molecule has 1 aliphatic rings. The number of nitrogens with two attached hydrogens (primary N) is 2. The van der Waals surface area contributed by atoms with Gasteiger partial charge in [0, 0.05) is 12.2 Å². The molecule has 14 heteroatoms. The summed E-state index contributed by atoms with van der Waals surface area (Å²) < 4.78 is 0. The third kappa shape index (κ3) is 6.44. The van der Waals surface area contributed by atoms with Crippen LogP contribution in [0, 0.1) is 0 Å². The van der Waals surface area contributed by atoms with Crippen molar-refractivity contribution in [2.24, 2.45) is 16.7 Å². The molecule has 14 nitrogen and oxygen atoms in total. The molecule has 0 spiro atoms. The number of hydrogen-bond acceptors (Lipinski definition) is 9. The van der Waals surface area contributed by atoms with Gasteiger partial charge in [-0.3, -0.25) is 24.1 Å². The molecule has 0 radical (unpaired) electrons. The van der Waals surface area contributed by atoms with Crippen LogP contribution >= 0.6 is 0 Å². The summed E-state index contributed by atoms with van der Waals surface area (Å²) in [6.07, 6.45) is 0.425. The van der Waals surface area contributed by atoms with Crippen molar-refractivity contribution < 1.29 is 39.0 Å². The second kappa shape index (κ2) is 13.9. The van der Waals surface area contributed by atoms with E-state index >= 15 is 0 Å². The van der Waals surface area contributed by atoms with Crippen LogP contribution in [0.25, 0.3) is 0 Å². The highest BCUT2D eigenvalue weighted by molar-refractivity contribution is 6.24. The Morgan fingerprint density at radius 1 is 0.940 bits per heavy atom. The number of benzene rings is 3. The summed E-state index contributed by atoms with van der Waals surface area (Å²) >= 11 is 0. The lowest BCUT2D eigenvalue weighted by atomic mass is 9.86. The molecule has 0 bridgehead atoms. The van der Waals surface area contributed by atoms with Crippen LogP contribution in [0.3, 0.4) is 0 Å². The number of carboxylic acid groups (broad SMARTS) is 2. The second-order valence-electron chi connectivity index (χ2n) is 13.2. The molecule has 0 aliphatic carbocycles. The number of rotatable bonds is 12. The summed E-state index contributed by atoms with van der Waals surface area (Å²) in [5.41, 5.74) is 2.72. The molecule has 1 heterocycles. The molecule has 3 atom stereocenters. The molecule has 0 unspecified atom stereocenters. The smallest absolute Gasteiger partial charge is 0.360 e. The van der Waals surface area contributed by atoms with Crippen molar-refractivity contribution in [2.75, 3.05) is 4.90 Å². The van der Waals surface area contributed by atoms with Gasteiger partial charge in [-0.2, -0.15) is 5.10 Å². The summed E-state index contributed by atoms with van der Waals surface area (Å²) in [5, 5.41) is 23.9. The first-order valence-electron chi connectivity index (χ1n) is 15.6. The number of carbonyl (C=O) groups excluding carboxylic acids is 4. The average Bonchev–Trinajstić information content (AvgIpc) is 3.24. The zero-order valence-electron chi connectivity index (χ0n) is 28.4. The largest absolute Gasteiger partial charge is 0.481 e. The van der Waals surface area contributed by atoms with Crippen LogP contribution in [0.4, 0.5) is 10.5 Å². The minimum atomic E-state index is -3.33. The van der Waals surface area contributed by atoms with Crippen LogP contribution in [0.15, 0.2) is 84.0 Å². The van der Waals surface area contributed by atoms with E-state index in [9.17, 15) is 39.0 Å². The number of carboxylic acids is 2. The molecule has 50 heavy (non-hydrogen) atoms. The van der Waals surface area contributed by atoms with Crippen molar-refractivity contribution in [1.82, 2.24) is 9.80 Å². The van der Waals surface area contributed by atoms with Gasteiger partial charge >= 0.3 is 18.0 Å². The fourth-order valence-electron chi connectivity index (χ4n) is 6.04. The summed E-state index contributed by atoms with van der Waals surface area (Å²) in [4.78, 5) is 84.7. The maximum Gasteiger partial charge on any atom is 0.360 e. The van der Waals surface area contributed by atoms with Gasteiger partial charge in [-0.05, 0) is 53.6 Å². The highest BCUT2D eigenvalue weighted by Gasteiger charge is 2.69. The monoisotopic (exact) mass is 684 g/mol. The lowest BCUT2D eigenvalue weighted by molar-refractivity contribution is -0.162. The Balaban J connectivity index is 2.01. The van der Waals surface area contributed by atoms with Crippen molar-refractivity contribution in [2.45, 2.75) is 70.2 Å². The predicted molar refractivity (Wildman–Crippen MR) is 184 cm³/mol. The van der Waals surface area contributed by atoms with E-state index in [1.165, 1.54) is 37.4 Å². The summed E-state index contributed by atoms with van der Waals surface area (Å²) in [6, 6.07) is 17.5. The van der Waals surface area contributed by atoms with Gasteiger partial charge in [0.25, 0.3) is 11.6 Å². The zero-order valence-corrected chi connectivity index (χ0v) is 28.4. The SMILES string of the molecule is CC(=O)[C@@](C(=O)O)(N1C(=O)N(Cc2ccc(C(C)(C)C)cc2)[C@](C)(c2ccc(C=NN)cc2)C1=O)N(C(=O)[C@@H](N)CC(=O)O)c1ccccc1. The molecular formula is C36H40N6O8. The first kappa shape index (κ1) is 36.9. The minimum Gasteiger partial charge on any atom is -0.481 e. The number of para-hydroxylation sites is 1. The number of carbonyl (C=O) groups is 6. The molecule has 6 N–H and O–H groups in total. The molecule has 4 rings (SSSR count). The van der Waals surface area contributed by atoms with Crippen molar-refractivity contribution >= 4 is 47.5 Å². The highest BCUT2D eigenvalue weighted by atomic mass is 16.4. The van der Waals surface area contributed by atoms with Crippen LogP contribution in [0.2, 0.25) is 0 Å². The number of aliphatic carboxylic acids is 2. The number of ketones is 1. The van der Waals surface area contributed by atoms with E-state index in [0.717, 1.165) is 17.4 Å². The number of amides is 4. The predicted octanol–water partition coefficient (Wildman–Crippen LogP) is 3.16. The lowest BCUT2D eigenvalue weighted by Gasteiger charge is -2.43. The van der Waals surface area contributed by atoms with E-state index in [0.29, 0.717) is 16.0 Å². The van der Waals surface area contributed by atoms with Crippen molar-refractivity contribution in [3.8, 4) is 0 Å². The molecule has 3 aromatic carbocycles. The van der Waals surface area contributed by atoms with Crippen LogP contribution in [0.5, 0.6) is 0 Å². The molecular weight excluding hydrogens is 644 g/mol. The van der Waals surface area contributed by atoms with Gasteiger partial charge in [0.1, 0.15) is 5.54 Å².